The third-order valence-corrected chi connectivity index (χ3v) is 14.2. The van der Waals surface area contributed by atoms with Crippen LogP contribution in [0, 0.1) is 29.6 Å². The first-order valence-corrected chi connectivity index (χ1v) is 25.0. The van der Waals surface area contributed by atoms with Gasteiger partial charge in [-0.05, 0) is 79.5 Å². The standard InChI is InChI=1S/C51H85NO18/c1-15-37-34(25-63-50-47(62-14)46(61-13)42(58)30(7)65-50)21-27(4)16-17-35(54)28(5)22-33(18-19-53)44(29(6)36(55)23-39(57)67-37)70-49-43(59)41(52(11)12)45(31(8)66-49)69-40-24-51(10,60)48(32(9)64-40)68-38(56)20-26(2)3/h16-17,19,21,26,28-34,36-37,40-50,55,58-60H,15,18,20,22-25H2,1-14H3/b17-16+,27-21+/t28-,29+,30?,31?,32?,33+,34-,36-,37-,40?,41?,42?,43?,44-,45?,46?,47?,48?,49?,50?,51?/m1/s1. The van der Waals surface area contributed by atoms with E-state index in [1.54, 1.807) is 73.5 Å². The average Bonchev–Trinajstić information content (AvgIpc) is 3.27. The van der Waals surface area contributed by atoms with Crippen molar-refractivity contribution in [1.82, 2.24) is 4.90 Å². The number of aliphatic hydroxyl groups is 4. The molecule has 0 aromatic carbocycles. The van der Waals surface area contributed by atoms with Crippen molar-refractivity contribution >= 4 is 24.0 Å². The number of ketones is 1. The number of hydrogen-bond donors (Lipinski definition) is 4. The number of carbonyl (C=O) groups is 4. The zero-order valence-corrected chi connectivity index (χ0v) is 43.8. The van der Waals surface area contributed by atoms with E-state index in [1.165, 1.54) is 20.3 Å². The molecule has 3 fully saturated rings. The normalized spacial score (nSPS) is 43.0. The molecule has 3 saturated heterocycles. The summed E-state index contributed by atoms with van der Waals surface area (Å²) in [6.45, 7) is 17.5. The summed E-state index contributed by atoms with van der Waals surface area (Å²) < 4.78 is 61.0. The molecular weight excluding hydrogens is 915 g/mol. The van der Waals surface area contributed by atoms with Gasteiger partial charge in [0.1, 0.15) is 48.5 Å². The van der Waals surface area contributed by atoms with Crippen LogP contribution in [-0.2, 0) is 66.5 Å². The van der Waals surface area contributed by atoms with Crippen molar-refractivity contribution < 1.29 is 87.0 Å². The van der Waals surface area contributed by atoms with Gasteiger partial charge >= 0.3 is 11.9 Å². The van der Waals surface area contributed by atoms with Crippen LogP contribution in [0.3, 0.4) is 0 Å². The first-order valence-electron chi connectivity index (χ1n) is 25.0. The van der Waals surface area contributed by atoms with Crippen molar-refractivity contribution in [1.29, 1.82) is 0 Å². The van der Waals surface area contributed by atoms with E-state index in [0.29, 0.717) is 12.0 Å². The molecule has 0 spiro atoms. The summed E-state index contributed by atoms with van der Waals surface area (Å²) in [7, 11) is 6.43. The van der Waals surface area contributed by atoms with Gasteiger partial charge in [0.25, 0.3) is 0 Å². The maximum absolute atomic E-state index is 13.8. The molecule has 21 atom stereocenters. The minimum absolute atomic E-state index is 0.0148. The van der Waals surface area contributed by atoms with Crippen molar-refractivity contribution in [2.75, 3.05) is 34.9 Å². The number of nitrogens with zero attached hydrogens (tertiary/aromatic N) is 1. The Morgan fingerprint density at radius 2 is 1.56 bits per heavy atom. The quantitative estimate of drug-likeness (QED) is 0.128. The van der Waals surface area contributed by atoms with Crippen molar-refractivity contribution in [3.63, 3.8) is 0 Å². The summed E-state index contributed by atoms with van der Waals surface area (Å²) in [5.74, 6) is -4.04. The van der Waals surface area contributed by atoms with Crippen LogP contribution in [0.1, 0.15) is 108 Å². The molecule has 0 aromatic heterocycles. The highest BCUT2D eigenvalue weighted by atomic mass is 16.7. The van der Waals surface area contributed by atoms with Gasteiger partial charge in [0.05, 0.1) is 49.6 Å². The molecule has 0 saturated carbocycles. The molecule has 0 bridgehead atoms. The van der Waals surface area contributed by atoms with Crippen molar-refractivity contribution in [2.45, 2.75) is 212 Å². The number of likely N-dealkylation sites (N-methyl/N-ethyl adjacent to an activating group) is 1. The molecule has 4 heterocycles. The first-order chi connectivity index (χ1) is 32.9. The number of esters is 2. The van der Waals surface area contributed by atoms with E-state index in [0.717, 1.165) is 6.29 Å². The van der Waals surface area contributed by atoms with Crippen LogP contribution in [0.4, 0.5) is 0 Å². The molecule has 4 aliphatic rings. The van der Waals surface area contributed by atoms with Gasteiger partial charge in [-0.1, -0.05) is 52.3 Å². The van der Waals surface area contributed by atoms with Crippen LogP contribution in [0.5, 0.6) is 0 Å². The predicted molar refractivity (Wildman–Crippen MR) is 254 cm³/mol. The van der Waals surface area contributed by atoms with Crippen LogP contribution in [0.2, 0.25) is 0 Å². The van der Waals surface area contributed by atoms with E-state index in [1.807, 2.05) is 26.8 Å². The fourth-order valence-electron chi connectivity index (χ4n) is 10.2. The highest BCUT2D eigenvalue weighted by molar-refractivity contribution is 5.91. The summed E-state index contributed by atoms with van der Waals surface area (Å²) in [4.78, 5) is 54.4. The van der Waals surface area contributed by atoms with Gasteiger partial charge in [-0.15, -0.1) is 0 Å². The van der Waals surface area contributed by atoms with Gasteiger partial charge in [-0.3, -0.25) is 14.4 Å². The number of methoxy groups -OCH3 is 2. The van der Waals surface area contributed by atoms with Gasteiger partial charge in [-0.25, -0.2) is 0 Å². The number of hydrogen-bond acceptors (Lipinski definition) is 19. The Morgan fingerprint density at radius 1 is 0.900 bits per heavy atom. The fourth-order valence-corrected chi connectivity index (χ4v) is 10.2. The number of cyclic esters (lactones) is 1. The van der Waals surface area contributed by atoms with E-state index in [9.17, 15) is 39.6 Å². The number of ether oxygens (including phenoxy) is 10. The molecule has 0 radical (unpaired) electrons. The zero-order valence-electron chi connectivity index (χ0n) is 43.8. The molecule has 0 aromatic rings. The lowest BCUT2D eigenvalue weighted by Crippen LogP contribution is -2.65. The summed E-state index contributed by atoms with van der Waals surface area (Å²) in [5, 5.41) is 46.2. The maximum atomic E-state index is 13.8. The molecule has 0 amide bonds. The Hall–Kier alpha value is -2.76. The third-order valence-electron chi connectivity index (χ3n) is 14.2. The molecular formula is C51H85NO18. The highest BCUT2D eigenvalue weighted by Crippen LogP contribution is 2.38. The fraction of sp³-hybridized carbons (Fsp3) is 0.843. The molecule has 14 unspecified atom stereocenters. The van der Waals surface area contributed by atoms with Crippen LogP contribution in [-0.4, -0.2) is 188 Å². The number of carbonyl (C=O) groups excluding carboxylic acids is 4. The van der Waals surface area contributed by atoms with E-state index in [-0.39, 0.29) is 44.0 Å². The average molecular weight is 1000 g/mol. The molecule has 19 nitrogen and oxygen atoms in total. The maximum Gasteiger partial charge on any atom is 0.308 e. The smallest absolute Gasteiger partial charge is 0.308 e. The summed E-state index contributed by atoms with van der Waals surface area (Å²) in [6, 6.07) is -0.781. The largest absolute Gasteiger partial charge is 0.462 e. The van der Waals surface area contributed by atoms with Gasteiger partial charge < -0.3 is 77.5 Å². The lowest BCUT2D eigenvalue weighted by Gasteiger charge is -2.50. The second-order valence-corrected chi connectivity index (χ2v) is 20.8. The number of rotatable bonds is 16. The number of allylic oxidation sites excluding steroid dienone is 3. The summed E-state index contributed by atoms with van der Waals surface area (Å²) >= 11 is 0. The lowest BCUT2D eigenvalue weighted by atomic mass is 9.79. The van der Waals surface area contributed by atoms with E-state index < -0.39 is 146 Å². The van der Waals surface area contributed by atoms with Crippen LogP contribution < -0.4 is 0 Å². The van der Waals surface area contributed by atoms with E-state index in [4.69, 9.17) is 47.4 Å². The predicted octanol–water partition coefficient (Wildman–Crippen LogP) is 3.43. The molecule has 4 rings (SSSR count). The number of aldehydes is 1. The molecule has 19 heteroatoms. The minimum Gasteiger partial charge on any atom is -0.462 e. The van der Waals surface area contributed by atoms with Gasteiger partial charge in [0, 0.05) is 51.2 Å². The van der Waals surface area contributed by atoms with Crippen molar-refractivity contribution in [3.8, 4) is 0 Å². The monoisotopic (exact) mass is 1000 g/mol. The van der Waals surface area contributed by atoms with E-state index >= 15 is 0 Å². The molecule has 4 aliphatic heterocycles. The van der Waals surface area contributed by atoms with Crippen molar-refractivity contribution in [3.05, 3.63) is 23.8 Å². The lowest BCUT2D eigenvalue weighted by molar-refractivity contribution is -0.342. The van der Waals surface area contributed by atoms with Crippen LogP contribution in [0.25, 0.3) is 0 Å². The number of aliphatic hydroxyl groups excluding tert-OH is 3. The second kappa shape index (κ2) is 27.0. The SMILES string of the molecule is CC[C@H]1OC(=O)C[C@@H](O)[C@H](C)[C@@H](OC2OC(C)C(OC3CC(C)(O)C(OC(=O)CC(C)C)C(C)O3)C(N(C)C)C2O)[C@@H](CC=O)C[C@@H](C)C(=O)/C=C/C(C)=C/[C@@H]1COC1OC(C)C(O)C(OC)C1OC. The Kier molecular flexibility index (Phi) is 23.0. The zero-order chi connectivity index (χ0) is 52.4. The van der Waals surface area contributed by atoms with Crippen molar-refractivity contribution in [2.24, 2.45) is 29.6 Å². The molecule has 70 heavy (non-hydrogen) atoms. The minimum atomic E-state index is -1.51. The topological polar surface area (TPSA) is 245 Å². The Labute approximate surface area is 414 Å². The van der Waals surface area contributed by atoms with Gasteiger partial charge in [0.2, 0.25) is 0 Å². The van der Waals surface area contributed by atoms with Crippen LogP contribution in [0.15, 0.2) is 23.8 Å². The Morgan fingerprint density at radius 3 is 2.14 bits per heavy atom. The molecule has 0 aliphatic carbocycles. The summed E-state index contributed by atoms with van der Waals surface area (Å²) in [6.07, 6.45) is -8.43. The first kappa shape index (κ1) is 59.8. The third kappa shape index (κ3) is 15.6. The Bertz CT molecular complexity index is 1740. The van der Waals surface area contributed by atoms with E-state index in [2.05, 4.69) is 0 Å². The Balaban J connectivity index is 1.59. The highest BCUT2D eigenvalue weighted by Gasteiger charge is 2.53. The van der Waals surface area contributed by atoms with Gasteiger partial charge in [0.15, 0.2) is 30.8 Å². The molecule has 402 valence electrons. The van der Waals surface area contributed by atoms with Gasteiger partial charge in [-0.2, -0.15) is 0 Å². The van der Waals surface area contributed by atoms with Crippen LogP contribution >= 0.6 is 0 Å². The molecule has 4 N–H and O–H groups in total. The second-order valence-electron chi connectivity index (χ2n) is 20.8. The summed E-state index contributed by atoms with van der Waals surface area (Å²) in [5.41, 5.74) is -0.833.